The monoisotopic (exact) mass is 576 g/mol. The van der Waals surface area contributed by atoms with E-state index in [1.165, 1.54) is 24.0 Å². The lowest BCUT2D eigenvalue weighted by Crippen LogP contribution is -2.21. The van der Waals surface area contributed by atoms with Crippen LogP contribution in [0.15, 0.2) is 47.6 Å². The van der Waals surface area contributed by atoms with Crippen LogP contribution in [0.4, 0.5) is 0 Å². The molecule has 0 aromatic heterocycles. The van der Waals surface area contributed by atoms with E-state index in [-0.39, 0.29) is 34.8 Å². The molecule has 0 fully saturated rings. The maximum atomic E-state index is 10.6. The second kappa shape index (κ2) is 15.0. The molecule has 4 nitrogen and oxygen atoms in total. The number of allylic oxidation sites excluding steroid dienone is 4. The first-order valence-electron chi connectivity index (χ1n) is 16.3. The minimum absolute atomic E-state index is 0.119. The van der Waals surface area contributed by atoms with E-state index < -0.39 is 0 Å². The summed E-state index contributed by atoms with van der Waals surface area (Å²) in [6.07, 6.45) is 13.3. The van der Waals surface area contributed by atoms with Crippen molar-refractivity contribution in [1.29, 1.82) is 0 Å². The molecule has 2 aliphatic rings. The summed E-state index contributed by atoms with van der Waals surface area (Å²) < 4.78 is 0. The van der Waals surface area contributed by atoms with Crippen LogP contribution in [-0.4, -0.2) is 20.4 Å². The van der Waals surface area contributed by atoms with Crippen molar-refractivity contribution in [2.75, 3.05) is 0 Å². The number of phenolic OH excluding ortho intramolecular Hbond substituents is 4. The van der Waals surface area contributed by atoms with Gasteiger partial charge in [-0.15, -0.1) is 0 Å². The van der Waals surface area contributed by atoms with E-state index in [1.54, 1.807) is 12.1 Å². The third-order valence-electron chi connectivity index (χ3n) is 9.52. The molecule has 2 aliphatic carbocycles. The van der Waals surface area contributed by atoms with Crippen LogP contribution >= 0.6 is 0 Å². The van der Waals surface area contributed by atoms with E-state index in [0.29, 0.717) is 29.2 Å². The Morgan fingerprint density at radius 1 is 0.643 bits per heavy atom. The van der Waals surface area contributed by atoms with E-state index in [4.69, 9.17) is 0 Å². The zero-order valence-corrected chi connectivity index (χ0v) is 27.4. The van der Waals surface area contributed by atoms with Crippen LogP contribution in [0.3, 0.4) is 0 Å². The minimum atomic E-state index is 0.119. The Kier molecular flexibility index (Phi) is 12.0. The second-order valence-electron chi connectivity index (χ2n) is 13.7. The van der Waals surface area contributed by atoms with Crippen molar-refractivity contribution in [2.24, 2.45) is 23.7 Å². The lowest BCUT2D eigenvalue weighted by molar-refractivity contribution is 0.303. The van der Waals surface area contributed by atoms with Gasteiger partial charge in [0.2, 0.25) is 0 Å². The number of unbranched alkanes of at least 4 members (excludes halogenated alkanes) is 2. The summed E-state index contributed by atoms with van der Waals surface area (Å²) in [4.78, 5) is 0. The fraction of sp³-hybridized carbons (Fsp3) is 0.579. The van der Waals surface area contributed by atoms with Gasteiger partial charge in [-0.3, -0.25) is 0 Å². The smallest absolute Gasteiger partial charge is 0.123 e. The van der Waals surface area contributed by atoms with Gasteiger partial charge in [0.05, 0.1) is 0 Å². The first-order valence-corrected chi connectivity index (χ1v) is 16.3. The van der Waals surface area contributed by atoms with E-state index in [2.05, 4.69) is 60.6 Å². The molecular weight excluding hydrogens is 520 g/mol. The van der Waals surface area contributed by atoms with Gasteiger partial charge in [-0.25, -0.2) is 0 Å². The molecule has 0 aliphatic heterocycles. The van der Waals surface area contributed by atoms with E-state index in [1.807, 2.05) is 19.1 Å². The maximum Gasteiger partial charge on any atom is 0.123 e. The molecule has 0 spiro atoms. The van der Waals surface area contributed by atoms with E-state index in [0.717, 1.165) is 55.2 Å². The first kappa shape index (κ1) is 33.6. The van der Waals surface area contributed by atoms with Gasteiger partial charge in [-0.2, -0.15) is 0 Å². The number of rotatable bonds is 8. The third kappa shape index (κ3) is 8.36. The number of aryl methyl sites for hydroxylation is 2. The van der Waals surface area contributed by atoms with Gasteiger partial charge >= 0.3 is 0 Å². The Morgan fingerprint density at radius 2 is 1.05 bits per heavy atom. The normalized spacial score (nSPS) is 22.4. The summed E-state index contributed by atoms with van der Waals surface area (Å²) >= 11 is 0. The van der Waals surface area contributed by atoms with Gasteiger partial charge in [-0.1, -0.05) is 70.8 Å². The molecule has 0 amide bonds. The molecule has 2 aromatic rings. The molecule has 0 saturated carbocycles. The van der Waals surface area contributed by atoms with Gasteiger partial charge in [0.1, 0.15) is 23.0 Å². The summed E-state index contributed by atoms with van der Waals surface area (Å²) in [7, 11) is 0. The van der Waals surface area contributed by atoms with Gasteiger partial charge < -0.3 is 20.4 Å². The zero-order valence-electron chi connectivity index (χ0n) is 27.4. The highest BCUT2D eigenvalue weighted by molar-refractivity contribution is 5.52. The van der Waals surface area contributed by atoms with Crippen molar-refractivity contribution in [2.45, 2.75) is 119 Å². The number of phenols is 4. The molecule has 0 saturated heterocycles. The minimum Gasteiger partial charge on any atom is -0.507 e. The fourth-order valence-electron chi connectivity index (χ4n) is 7.11. The maximum absolute atomic E-state index is 10.6. The van der Waals surface area contributed by atoms with Gasteiger partial charge in [0, 0.05) is 23.0 Å². The second-order valence-corrected chi connectivity index (χ2v) is 13.7. The molecule has 0 heterocycles. The van der Waals surface area contributed by atoms with Gasteiger partial charge in [0.25, 0.3) is 0 Å². The highest BCUT2D eigenvalue weighted by atomic mass is 16.3. The number of hydrogen-bond donors (Lipinski definition) is 4. The molecule has 4 heteroatoms. The Labute approximate surface area is 255 Å². The lowest BCUT2D eigenvalue weighted by atomic mass is 9.71. The molecule has 0 radical (unpaired) electrons. The largest absolute Gasteiger partial charge is 0.507 e. The number of hydrogen-bond acceptors (Lipinski definition) is 4. The summed E-state index contributed by atoms with van der Waals surface area (Å²) in [5, 5.41) is 41.6. The summed E-state index contributed by atoms with van der Waals surface area (Å²) in [5.74, 6) is 3.23. The van der Waals surface area contributed by atoms with Gasteiger partial charge in [-0.05, 0) is 118 Å². The average molecular weight is 577 g/mol. The third-order valence-corrected chi connectivity index (χ3v) is 9.52. The Morgan fingerprint density at radius 3 is 1.43 bits per heavy atom. The van der Waals surface area contributed by atoms with Gasteiger partial charge in [0.15, 0.2) is 0 Å². The van der Waals surface area contributed by atoms with Crippen molar-refractivity contribution < 1.29 is 20.4 Å². The highest BCUT2D eigenvalue weighted by Crippen LogP contribution is 2.48. The standard InChI is InChI=1S/C21H32O2.C17H24O2/c1-5-6-7-8-16-12-19(22)21(20(23)13-16)18-11-15(4)9-10-17(18)14(2)3;1-10(2)13-6-5-11(3)7-14(13)17-15(18)8-12(4)9-16(17)19/h11-14,17-18,22-23H,5-10H2,1-4H3;7-10,13-14,18-19H,5-6H2,1-4H3/t17-,18+;13-,14+/m01/s1. The first-order chi connectivity index (χ1) is 19.8. The van der Waals surface area contributed by atoms with Crippen LogP contribution in [-0.2, 0) is 6.42 Å². The summed E-state index contributed by atoms with van der Waals surface area (Å²) in [6.45, 7) is 17.2. The van der Waals surface area contributed by atoms with Crippen LogP contribution in [0.1, 0.15) is 128 Å². The summed E-state index contributed by atoms with van der Waals surface area (Å²) in [5.41, 5.74) is 6.05. The molecule has 4 rings (SSSR count). The SMILES string of the molecule is CC1=C[C@H](c2c(O)cc(C)cc2O)[C@@H](C(C)C)CC1.CCCCCc1cc(O)c([C@@H]2C=C(C)CC[C@H]2C(C)C)c(O)c1. The molecule has 4 atom stereocenters. The van der Waals surface area contributed by atoms with Crippen molar-refractivity contribution in [3.05, 3.63) is 69.8 Å². The average Bonchev–Trinajstić information content (AvgIpc) is 2.88. The van der Waals surface area contributed by atoms with Crippen molar-refractivity contribution in [3.63, 3.8) is 0 Å². The Bertz CT molecular complexity index is 1210. The predicted molar refractivity (Wildman–Crippen MR) is 176 cm³/mol. The van der Waals surface area contributed by atoms with Crippen LogP contribution < -0.4 is 0 Å². The Hall–Kier alpha value is -2.88. The topological polar surface area (TPSA) is 80.9 Å². The van der Waals surface area contributed by atoms with Crippen LogP contribution in [0.25, 0.3) is 0 Å². The van der Waals surface area contributed by atoms with Crippen LogP contribution in [0.2, 0.25) is 0 Å². The molecule has 4 N–H and O–H groups in total. The fourth-order valence-corrected chi connectivity index (χ4v) is 7.11. The molecule has 42 heavy (non-hydrogen) atoms. The predicted octanol–water partition coefficient (Wildman–Crippen LogP) is 10.4. The summed E-state index contributed by atoms with van der Waals surface area (Å²) in [6, 6.07) is 7.20. The molecule has 0 bridgehead atoms. The van der Waals surface area contributed by atoms with Crippen molar-refractivity contribution in [1.82, 2.24) is 0 Å². The lowest BCUT2D eigenvalue weighted by Gasteiger charge is -2.33. The molecule has 0 unspecified atom stereocenters. The van der Waals surface area contributed by atoms with E-state index in [9.17, 15) is 20.4 Å². The molecular formula is C38H56O4. The molecule has 232 valence electrons. The van der Waals surface area contributed by atoms with Crippen LogP contribution in [0, 0.1) is 30.6 Å². The zero-order chi connectivity index (χ0) is 31.1. The van der Waals surface area contributed by atoms with Crippen molar-refractivity contribution >= 4 is 0 Å². The quantitative estimate of drug-likeness (QED) is 0.186. The highest BCUT2D eigenvalue weighted by Gasteiger charge is 2.32. The van der Waals surface area contributed by atoms with Crippen LogP contribution in [0.5, 0.6) is 23.0 Å². The van der Waals surface area contributed by atoms with Crippen molar-refractivity contribution in [3.8, 4) is 23.0 Å². The molecule has 2 aromatic carbocycles. The van der Waals surface area contributed by atoms with E-state index >= 15 is 0 Å². The number of aromatic hydroxyl groups is 4. The Balaban J connectivity index is 0.000000235. The number of benzene rings is 2.